The molecule has 0 amide bonds. The minimum atomic E-state index is -0.245. The number of benzene rings is 3. The van der Waals surface area contributed by atoms with Gasteiger partial charge < -0.3 is 24.3 Å². The predicted octanol–water partition coefficient (Wildman–Crippen LogP) is 6.55. The Kier molecular flexibility index (Phi) is 11.8. The molecule has 37 heavy (non-hydrogen) atoms. The molecule has 1 fully saturated rings. The average Bonchev–Trinajstić information content (AvgIpc) is 2.91. The largest absolute Gasteiger partial charge is 0.496 e. The molecule has 6 nitrogen and oxygen atoms in total. The summed E-state index contributed by atoms with van der Waals surface area (Å²) in [6.07, 6.45) is 6.89. The van der Waals surface area contributed by atoms with Gasteiger partial charge in [-0.2, -0.15) is 0 Å². The van der Waals surface area contributed by atoms with Gasteiger partial charge >= 0.3 is 5.97 Å². The van der Waals surface area contributed by atoms with Crippen molar-refractivity contribution in [3.05, 3.63) is 77.9 Å². The van der Waals surface area contributed by atoms with Crippen LogP contribution < -0.4 is 19.5 Å². The van der Waals surface area contributed by atoms with Crippen LogP contribution in [0.25, 0.3) is 11.1 Å². The van der Waals surface area contributed by atoms with E-state index >= 15 is 0 Å². The van der Waals surface area contributed by atoms with Crippen LogP contribution in [-0.4, -0.2) is 33.9 Å². The third-order valence-corrected chi connectivity index (χ3v) is 6.29. The fraction of sp³-hybridized carbons (Fsp3) is 0.387. The first-order valence-corrected chi connectivity index (χ1v) is 12.9. The van der Waals surface area contributed by atoms with Crippen molar-refractivity contribution in [3.8, 4) is 28.4 Å². The molecule has 0 aliphatic heterocycles. The zero-order valence-electron chi connectivity index (χ0n) is 22.3. The maximum atomic E-state index is 11.2. The number of methoxy groups -OCH3 is 3. The van der Waals surface area contributed by atoms with Crippen molar-refractivity contribution in [1.82, 2.24) is 5.32 Å². The molecule has 0 saturated heterocycles. The maximum Gasteiger partial charge on any atom is 0.305 e. The number of hydrogen-bond donors (Lipinski definition) is 1. The molecule has 0 atom stereocenters. The Morgan fingerprint density at radius 1 is 0.784 bits per heavy atom. The summed E-state index contributed by atoms with van der Waals surface area (Å²) in [5.74, 6) is 1.76. The van der Waals surface area contributed by atoms with Crippen molar-refractivity contribution in [2.24, 2.45) is 0 Å². The number of ether oxygens (including phenoxy) is 4. The summed E-state index contributed by atoms with van der Waals surface area (Å²) in [5.41, 5.74) is 4.52. The molecule has 0 heterocycles. The van der Waals surface area contributed by atoms with Crippen LogP contribution in [0.5, 0.6) is 17.2 Å². The van der Waals surface area contributed by atoms with Gasteiger partial charge in [0.1, 0.15) is 17.2 Å². The first kappa shape index (κ1) is 28.1. The molecule has 1 N–H and O–H groups in total. The summed E-state index contributed by atoms with van der Waals surface area (Å²) in [6, 6.07) is 22.6. The van der Waals surface area contributed by atoms with E-state index < -0.39 is 0 Å². The van der Waals surface area contributed by atoms with Crippen molar-refractivity contribution in [2.75, 3.05) is 27.9 Å². The molecular formula is C31H39NO5. The van der Waals surface area contributed by atoms with E-state index in [4.69, 9.17) is 14.2 Å². The smallest absolute Gasteiger partial charge is 0.305 e. The van der Waals surface area contributed by atoms with Crippen molar-refractivity contribution in [1.29, 1.82) is 0 Å². The van der Waals surface area contributed by atoms with E-state index in [0.717, 1.165) is 5.56 Å². The number of carbonyl (C=O) groups excluding carboxylic acids is 1. The van der Waals surface area contributed by atoms with Gasteiger partial charge in [-0.1, -0.05) is 80.3 Å². The molecule has 6 heteroatoms. The van der Waals surface area contributed by atoms with Gasteiger partial charge in [0.2, 0.25) is 0 Å². The predicted molar refractivity (Wildman–Crippen MR) is 147 cm³/mol. The summed E-state index contributed by atoms with van der Waals surface area (Å²) < 4.78 is 21.6. The minimum Gasteiger partial charge on any atom is -0.496 e. The summed E-state index contributed by atoms with van der Waals surface area (Å²) in [5, 5.41) is 3.47. The van der Waals surface area contributed by atoms with E-state index in [-0.39, 0.29) is 5.97 Å². The fourth-order valence-electron chi connectivity index (χ4n) is 3.75. The number of hydrogen-bond acceptors (Lipinski definition) is 6. The monoisotopic (exact) mass is 505 g/mol. The molecule has 1 saturated carbocycles. The third kappa shape index (κ3) is 9.14. The van der Waals surface area contributed by atoms with E-state index in [1.165, 1.54) is 49.5 Å². The molecule has 0 aromatic heterocycles. The molecule has 0 bridgehead atoms. The van der Waals surface area contributed by atoms with E-state index in [1.807, 2.05) is 30.3 Å². The van der Waals surface area contributed by atoms with Gasteiger partial charge in [0, 0.05) is 31.6 Å². The van der Waals surface area contributed by atoms with Crippen LogP contribution in [0.15, 0.2) is 66.7 Å². The van der Waals surface area contributed by atoms with Gasteiger partial charge in [-0.25, -0.2) is 0 Å². The molecular weight excluding hydrogens is 466 g/mol. The third-order valence-electron chi connectivity index (χ3n) is 6.29. The van der Waals surface area contributed by atoms with Gasteiger partial charge in [0.25, 0.3) is 0 Å². The van der Waals surface area contributed by atoms with E-state index in [1.54, 1.807) is 14.2 Å². The zero-order valence-corrected chi connectivity index (χ0v) is 22.3. The second kappa shape index (κ2) is 15.6. The van der Waals surface area contributed by atoms with Gasteiger partial charge in [0.05, 0.1) is 33.5 Å². The van der Waals surface area contributed by atoms with Crippen LogP contribution >= 0.6 is 0 Å². The average molecular weight is 506 g/mol. The van der Waals surface area contributed by atoms with E-state index in [9.17, 15) is 4.79 Å². The lowest BCUT2D eigenvalue weighted by atomic mass is 10.0. The fourth-order valence-corrected chi connectivity index (χ4v) is 3.75. The normalized spacial score (nSPS) is 12.0. The Hall–Kier alpha value is -3.51. The van der Waals surface area contributed by atoms with Crippen LogP contribution in [0, 0.1) is 0 Å². The van der Waals surface area contributed by atoms with Gasteiger partial charge in [0.15, 0.2) is 0 Å². The maximum absolute atomic E-state index is 11.2. The highest BCUT2D eigenvalue weighted by Gasteiger charge is 2.14. The summed E-state index contributed by atoms with van der Waals surface area (Å²) >= 11 is 0. The first-order chi connectivity index (χ1) is 18.1. The van der Waals surface area contributed by atoms with Crippen molar-refractivity contribution in [3.63, 3.8) is 0 Å². The van der Waals surface area contributed by atoms with E-state index in [0.29, 0.717) is 49.8 Å². The quantitative estimate of drug-likeness (QED) is 0.222. The first-order valence-electron chi connectivity index (χ1n) is 12.9. The molecule has 3 aromatic rings. The van der Waals surface area contributed by atoms with Crippen molar-refractivity contribution >= 4 is 5.97 Å². The zero-order chi connectivity index (χ0) is 26.3. The van der Waals surface area contributed by atoms with Gasteiger partial charge in [-0.15, -0.1) is 0 Å². The lowest BCUT2D eigenvalue weighted by Gasteiger charge is -2.16. The Morgan fingerprint density at radius 3 is 1.92 bits per heavy atom. The Balaban J connectivity index is 0.000000865. The highest BCUT2D eigenvalue weighted by atomic mass is 16.5. The topological polar surface area (TPSA) is 66.0 Å². The highest BCUT2D eigenvalue weighted by Crippen LogP contribution is 2.34. The number of carbonyl (C=O) groups is 1. The summed E-state index contributed by atoms with van der Waals surface area (Å²) in [7, 11) is 4.63. The van der Waals surface area contributed by atoms with Crippen LogP contribution in [0.3, 0.4) is 0 Å². The van der Waals surface area contributed by atoms with Gasteiger partial charge in [-0.3, -0.25) is 4.79 Å². The molecule has 198 valence electrons. The molecule has 1 aliphatic rings. The number of nitrogens with one attached hydrogen (secondary N) is 1. The number of rotatable bonds is 12. The Bertz CT molecular complexity index is 1050. The van der Waals surface area contributed by atoms with E-state index in [2.05, 4.69) is 46.5 Å². The Labute approximate surface area is 220 Å². The lowest BCUT2D eigenvalue weighted by Crippen LogP contribution is -2.14. The second-order valence-corrected chi connectivity index (χ2v) is 8.92. The van der Waals surface area contributed by atoms with Crippen LogP contribution in [0.2, 0.25) is 0 Å². The molecule has 0 unspecified atom stereocenters. The standard InChI is InChI=1S/C27H31NO5.C4H8/c1-30-25-16-23(33-15-7-10-27(29)32-3)17-26(31-2)24(25)19-28-18-20-11-13-22(14-12-20)21-8-5-4-6-9-21;1-2-4-3-1/h4-6,8-9,11-14,16-17,28H,7,10,15,18-19H2,1-3H3;1-4H2. The molecule has 0 spiro atoms. The van der Waals surface area contributed by atoms with Gasteiger partial charge in [-0.05, 0) is 23.1 Å². The SMILES string of the molecule is C1CCC1.COC(=O)CCCOc1cc(OC)c(CNCc2ccc(-c3ccccc3)cc2)c(OC)c1. The highest BCUT2D eigenvalue weighted by molar-refractivity contribution is 5.69. The second-order valence-electron chi connectivity index (χ2n) is 8.92. The molecule has 1 aliphatic carbocycles. The minimum absolute atomic E-state index is 0.245. The van der Waals surface area contributed by atoms with Crippen LogP contribution in [-0.2, 0) is 22.6 Å². The molecule has 3 aromatic carbocycles. The van der Waals surface area contributed by atoms with Crippen LogP contribution in [0.4, 0.5) is 0 Å². The Morgan fingerprint density at radius 2 is 1.38 bits per heavy atom. The van der Waals surface area contributed by atoms with Crippen molar-refractivity contribution in [2.45, 2.75) is 51.6 Å². The summed E-state index contributed by atoms with van der Waals surface area (Å²) in [6.45, 7) is 1.69. The van der Waals surface area contributed by atoms with Crippen molar-refractivity contribution < 1.29 is 23.7 Å². The summed E-state index contributed by atoms with van der Waals surface area (Å²) in [4.78, 5) is 11.2. The van der Waals surface area contributed by atoms with Crippen LogP contribution in [0.1, 0.15) is 49.7 Å². The lowest BCUT2D eigenvalue weighted by molar-refractivity contribution is -0.140. The molecule has 4 rings (SSSR count). The number of esters is 1. The molecule has 0 radical (unpaired) electrons.